The molecule has 17 heavy (non-hydrogen) atoms. The molecule has 88 valence electrons. The molecule has 0 aliphatic rings. The summed E-state index contributed by atoms with van der Waals surface area (Å²) in [6, 6.07) is 6.93. The first kappa shape index (κ1) is 11.3. The van der Waals surface area contributed by atoms with Gasteiger partial charge in [-0.15, -0.1) is 0 Å². The van der Waals surface area contributed by atoms with E-state index in [4.69, 9.17) is 4.74 Å². The number of ether oxygens (including phenoxy) is 1. The summed E-state index contributed by atoms with van der Waals surface area (Å²) < 4.78 is 19.0. The van der Waals surface area contributed by atoms with Crippen LogP contribution in [0.25, 0.3) is 11.3 Å². The number of rotatable bonds is 3. The van der Waals surface area contributed by atoms with Crippen LogP contribution in [0.15, 0.2) is 35.3 Å². The molecule has 0 aliphatic heterocycles. The van der Waals surface area contributed by atoms with Crippen molar-refractivity contribution in [3.8, 4) is 17.0 Å². The van der Waals surface area contributed by atoms with Crippen molar-refractivity contribution in [2.45, 2.75) is 6.92 Å². The molecule has 1 N–H and O–H groups in total. The van der Waals surface area contributed by atoms with Crippen molar-refractivity contribution in [1.29, 1.82) is 0 Å². The highest BCUT2D eigenvalue weighted by atomic mass is 19.1. The number of H-pyrrole nitrogens is 1. The van der Waals surface area contributed by atoms with Crippen molar-refractivity contribution in [3.63, 3.8) is 0 Å². The second-order valence-electron chi connectivity index (χ2n) is 3.34. The van der Waals surface area contributed by atoms with E-state index in [1.54, 1.807) is 24.3 Å². The van der Waals surface area contributed by atoms with Gasteiger partial charge in [0, 0.05) is 5.56 Å². The van der Waals surface area contributed by atoms with Crippen LogP contribution in [0.3, 0.4) is 0 Å². The van der Waals surface area contributed by atoms with Crippen molar-refractivity contribution >= 4 is 0 Å². The summed E-state index contributed by atoms with van der Waals surface area (Å²) in [4.78, 5) is 16.8. The van der Waals surface area contributed by atoms with E-state index in [-0.39, 0.29) is 5.69 Å². The lowest BCUT2D eigenvalue weighted by Crippen LogP contribution is -2.12. The second kappa shape index (κ2) is 4.78. The van der Waals surface area contributed by atoms with Crippen LogP contribution in [0.5, 0.6) is 5.75 Å². The molecular weight excluding hydrogens is 223 g/mol. The highest BCUT2D eigenvalue weighted by Crippen LogP contribution is 2.28. The van der Waals surface area contributed by atoms with Crippen molar-refractivity contribution in [1.82, 2.24) is 9.97 Å². The van der Waals surface area contributed by atoms with Crippen LogP contribution in [-0.4, -0.2) is 16.6 Å². The summed E-state index contributed by atoms with van der Waals surface area (Å²) >= 11 is 0. The maximum absolute atomic E-state index is 13.6. The fraction of sp³-hybridized carbons (Fsp3) is 0.167. The van der Waals surface area contributed by atoms with Crippen LogP contribution in [0.4, 0.5) is 4.39 Å². The number of benzene rings is 1. The molecule has 0 amide bonds. The van der Waals surface area contributed by atoms with Gasteiger partial charge in [0.25, 0.3) is 0 Å². The first-order chi connectivity index (χ1) is 8.22. The Bertz CT molecular complexity index is 581. The summed E-state index contributed by atoms with van der Waals surface area (Å²) in [7, 11) is 0. The molecular formula is C12H11FN2O2. The molecule has 0 fully saturated rings. The molecule has 4 nitrogen and oxygen atoms in total. The molecule has 0 unspecified atom stereocenters. The molecule has 2 rings (SSSR count). The second-order valence-corrected chi connectivity index (χ2v) is 3.34. The van der Waals surface area contributed by atoms with Gasteiger partial charge in [0.15, 0.2) is 5.82 Å². The van der Waals surface area contributed by atoms with Gasteiger partial charge in [-0.1, -0.05) is 12.1 Å². The average molecular weight is 234 g/mol. The molecule has 1 aromatic heterocycles. The van der Waals surface area contributed by atoms with Gasteiger partial charge >= 0.3 is 5.69 Å². The molecule has 1 heterocycles. The zero-order valence-electron chi connectivity index (χ0n) is 9.24. The van der Waals surface area contributed by atoms with Crippen LogP contribution in [-0.2, 0) is 0 Å². The van der Waals surface area contributed by atoms with E-state index in [1.807, 2.05) is 6.92 Å². The number of aromatic nitrogens is 2. The minimum atomic E-state index is -0.590. The molecule has 0 radical (unpaired) electrons. The molecule has 0 saturated heterocycles. The number of hydrogen-bond acceptors (Lipinski definition) is 3. The molecule has 0 saturated carbocycles. The van der Waals surface area contributed by atoms with Gasteiger partial charge in [-0.3, -0.25) is 0 Å². The van der Waals surface area contributed by atoms with Gasteiger partial charge < -0.3 is 9.72 Å². The molecule has 2 aromatic rings. The van der Waals surface area contributed by atoms with Gasteiger partial charge in [0.05, 0.1) is 18.5 Å². The Morgan fingerprint density at radius 1 is 1.41 bits per heavy atom. The number of para-hydroxylation sites is 1. The van der Waals surface area contributed by atoms with Gasteiger partial charge in [0.2, 0.25) is 0 Å². The first-order valence-electron chi connectivity index (χ1n) is 5.19. The third-order valence-corrected chi connectivity index (χ3v) is 2.22. The Balaban J connectivity index is 2.59. The summed E-state index contributed by atoms with van der Waals surface area (Å²) in [5.41, 5.74) is 0.00750. The zero-order valence-corrected chi connectivity index (χ0v) is 9.24. The van der Waals surface area contributed by atoms with E-state index in [1.165, 1.54) is 0 Å². The Labute approximate surface area is 97.1 Å². The van der Waals surface area contributed by atoms with Gasteiger partial charge in [-0.25, -0.2) is 9.18 Å². The van der Waals surface area contributed by atoms with E-state index in [0.717, 1.165) is 6.20 Å². The first-order valence-corrected chi connectivity index (χ1v) is 5.19. The topological polar surface area (TPSA) is 55.0 Å². The highest BCUT2D eigenvalue weighted by molar-refractivity contribution is 5.67. The number of nitrogens with one attached hydrogen (secondary N) is 1. The normalized spacial score (nSPS) is 10.2. The SMILES string of the molecule is CCOc1ccccc1-c1[nH]c(=O)ncc1F. The van der Waals surface area contributed by atoms with Crippen molar-refractivity contribution in [2.75, 3.05) is 6.61 Å². The molecule has 0 spiro atoms. The molecule has 0 aliphatic carbocycles. The lowest BCUT2D eigenvalue weighted by molar-refractivity contribution is 0.341. The van der Waals surface area contributed by atoms with E-state index in [0.29, 0.717) is 17.9 Å². The van der Waals surface area contributed by atoms with Crippen LogP contribution in [0.1, 0.15) is 6.92 Å². The summed E-state index contributed by atoms with van der Waals surface area (Å²) in [5.74, 6) is -0.0625. The average Bonchev–Trinajstić information content (AvgIpc) is 2.34. The van der Waals surface area contributed by atoms with E-state index >= 15 is 0 Å². The minimum Gasteiger partial charge on any atom is -0.493 e. The summed E-state index contributed by atoms with van der Waals surface area (Å²) in [6.45, 7) is 2.30. The number of nitrogens with zero attached hydrogens (tertiary/aromatic N) is 1. The van der Waals surface area contributed by atoms with E-state index in [9.17, 15) is 9.18 Å². The van der Waals surface area contributed by atoms with Gasteiger partial charge in [-0.2, -0.15) is 4.98 Å². The third kappa shape index (κ3) is 2.33. The predicted molar refractivity (Wildman–Crippen MR) is 61.4 cm³/mol. The third-order valence-electron chi connectivity index (χ3n) is 2.22. The van der Waals surface area contributed by atoms with Crippen molar-refractivity contribution in [3.05, 3.63) is 46.8 Å². The Kier molecular flexibility index (Phi) is 3.18. The Morgan fingerprint density at radius 2 is 2.18 bits per heavy atom. The quantitative estimate of drug-likeness (QED) is 0.883. The van der Waals surface area contributed by atoms with E-state index in [2.05, 4.69) is 9.97 Å². The van der Waals surface area contributed by atoms with Crippen molar-refractivity contribution in [2.24, 2.45) is 0 Å². The highest BCUT2D eigenvalue weighted by Gasteiger charge is 2.11. The van der Waals surface area contributed by atoms with Crippen LogP contribution in [0, 0.1) is 5.82 Å². The standard InChI is InChI=1S/C12H11FN2O2/c1-2-17-10-6-4-3-5-8(10)11-9(13)7-14-12(16)15-11/h3-7H,2H2,1H3,(H,14,15,16). The lowest BCUT2D eigenvalue weighted by Gasteiger charge is -2.09. The van der Waals surface area contributed by atoms with Crippen LogP contribution >= 0.6 is 0 Å². The molecule has 0 bridgehead atoms. The lowest BCUT2D eigenvalue weighted by atomic mass is 10.1. The fourth-order valence-electron chi connectivity index (χ4n) is 1.53. The number of aromatic amines is 1. The minimum absolute atomic E-state index is 0.0917. The summed E-state index contributed by atoms with van der Waals surface area (Å²) in [6.07, 6.45) is 0.900. The predicted octanol–water partition coefficient (Wildman–Crippen LogP) is 1.97. The van der Waals surface area contributed by atoms with Crippen molar-refractivity contribution < 1.29 is 9.13 Å². The molecule has 5 heteroatoms. The Hall–Kier alpha value is -2.17. The smallest absolute Gasteiger partial charge is 0.345 e. The molecule has 0 atom stereocenters. The number of hydrogen-bond donors (Lipinski definition) is 1. The monoisotopic (exact) mass is 234 g/mol. The van der Waals surface area contributed by atoms with Gasteiger partial charge in [0.1, 0.15) is 5.75 Å². The maximum Gasteiger partial charge on any atom is 0.345 e. The van der Waals surface area contributed by atoms with Gasteiger partial charge in [-0.05, 0) is 19.1 Å². The maximum atomic E-state index is 13.6. The van der Waals surface area contributed by atoms with E-state index < -0.39 is 11.5 Å². The summed E-state index contributed by atoms with van der Waals surface area (Å²) in [5, 5.41) is 0. The Morgan fingerprint density at radius 3 is 2.94 bits per heavy atom. The fourth-order valence-corrected chi connectivity index (χ4v) is 1.53. The largest absolute Gasteiger partial charge is 0.493 e. The van der Waals surface area contributed by atoms with Crippen LogP contribution in [0.2, 0.25) is 0 Å². The zero-order chi connectivity index (χ0) is 12.3. The van der Waals surface area contributed by atoms with Crippen LogP contribution < -0.4 is 10.4 Å². The number of halogens is 1. The molecule has 1 aromatic carbocycles.